The summed E-state index contributed by atoms with van der Waals surface area (Å²) < 4.78 is 92.8. The van der Waals surface area contributed by atoms with Crippen LogP contribution in [0.2, 0.25) is 0 Å². The molecule has 56 heavy (non-hydrogen) atoms. The van der Waals surface area contributed by atoms with E-state index >= 15 is 0 Å². The third-order valence-corrected chi connectivity index (χ3v) is 7.19. The molecule has 2 rings (SSSR count). The SMILES string of the molecule is O=C(O)CCCCC(=O)OCCOCCOCCOCCOCCOCCOCCOCCOCCOC(=O)c1ccccc1Nc1cccc(C(F)(F)F)c1. The van der Waals surface area contributed by atoms with Crippen molar-refractivity contribution in [2.24, 2.45) is 0 Å². The van der Waals surface area contributed by atoms with Crippen molar-refractivity contribution in [1.29, 1.82) is 0 Å². The maximum absolute atomic E-state index is 13.0. The Bertz CT molecular complexity index is 1350. The lowest BCUT2D eigenvalue weighted by Crippen LogP contribution is -2.16. The predicted molar refractivity (Wildman–Crippen MR) is 195 cm³/mol. The van der Waals surface area contributed by atoms with Crippen molar-refractivity contribution in [3.63, 3.8) is 0 Å². The number of carbonyl (C=O) groups excluding carboxylic acids is 2. The maximum Gasteiger partial charge on any atom is 0.416 e. The van der Waals surface area contributed by atoms with Crippen LogP contribution >= 0.6 is 0 Å². The van der Waals surface area contributed by atoms with Gasteiger partial charge in [0.2, 0.25) is 0 Å². The molecular weight excluding hydrogens is 751 g/mol. The molecular formula is C38H54F3NO14. The van der Waals surface area contributed by atoms with Crippen molar-refractivity contribution in [3.05, 3.63) is 59.7 Å². The van der Waals surface area contributed by atoms with E-state index in [2.05, 4.69) is 5.32 Å². The van der Waals surface area contributed by atoms with Gasteiger partial charge in [-0.3, -0.25) is 9.59 Å². The fraction of sp³-hybridized carbons (Fsp3) is 0.605. The zero-order chi connectivity index (χ0) is 40.5. The first-order chi connectivity index (χ1) is 27.2. The van der Waals surface area contributed by atoms with Crippen molar-refractivity contribution in [3.8, 4) is 0 Å². The number of ether oxygens (including phenoxy) is 10. The molecule has 0 heterocycles. The van der Waals surface area contributed by atoms with Crippen molar-refractivity contribution in [2.75, 3.05) is 124 Å². The van der Waals surface area contributed by atoms with Crippen LogP contribution < -0.4 is 5.32 Å². The number of hydrogen-bond acceptors (Lipinski definition) is 14. The second-order valence-corrected chi connectivity index (χ2v) is 11.6. The lowest BCUT2D eigenvalue weighted by molar-refractivity contribution is -0.146. The Hall–Kier alpha value is -3.88. The first kappa shape index (κ1) is 48.3. The fourth-order valence-corrected chi connectivity index (χ4v) is 4.44. The normalized spacial score (nSPS) is 11.4. The number of rotatable bonds is 35. The van der Waals surface area contributed by atoms with Gasteiger partial charge in [0.25, 0.3) is 0 Å². The number of aliphatic carboxylic acids is 1. The summed E-state index contributed by atoms with van der Waals surface area (Å²) in [5.41, 5.74) is -0.125. The number of carboxylic acids is 1. The number of hydrogen-bond donors (Lipinski definition) is 2. The molecule has 2 aromatic rings. The predicted octanol–water partition coefficient (Wildman–Crippen LogP) is 4.93. The van der Waals surface area contributed by atoms with Gasteiger partial charge in [-0.05, 0) is 43.2 Å². The molecule has 0 atom stereocenters. The van der Waals surface area contributed by atoms with Gasteiger partial charge in [-0.15, -0.1) is 0 Å². The van der Waals surface area contributed by atoms with Crippen molar-refractivity contribution >= 4 is 29.3 Å². The minimum atomic E-state index is -4.49. The quantitative estimate of drug-likeness (QED) is 0.0709. The third-order valence-electron chi connectivity index (χ3n) is 7.19. The van der Waals surface area contributed by atoms with E-state index in [1.165, 1.54) is 18.2 Å². The highest BCUT2D eigenvalue weighted by Gasteiger charge is 2.30. The summed E-state index contributed by atoms with van der Waals surface area (Å²) in [6, 6.07) is 11.1. The van der Waals surface area contributed by atoms with Gasteiger partial charge in [-0.2, -0.15) is 13.2 Å². The van der Waals surface area contributed by atoms with Gasteiger partial charge >= 0.3 is 24.1 Å². The molecule has 316 valence electrons. The molecule has 0 amide bonds. The molecule has 0 aliphatic carbocycles. The average Bonchev–Trinajstić information content (AvgIpc) is 3.17. The maximum atomic E-state index is 13.0. The lowest BCUT2D eigenvalue weighted by atomic mass is 10.1. The minimum Gasteiger partial charge on any atom is -0.481 e. The van der Waals surface area contributed by atoms with Gasteiger partial charge in [-0.1, -0.05) is 18.2 Å². The molecule has 0 radical (unpaired) electrons. The first-order valence-electron chi connectivity index (χ1n) is 18.4. The van der Waals surface area contributed by atoms with Gasteiger partial charge < -0.3 is 57.8 Å². The molecule has 0 fully saturated rings. The zero-order valence-electron chi connectivity index (χ0n) is 31.6. The number of anilines is 2. The van der Waals surface area contributed by atoms with E-state index in [1.807, 2.05) is 0 Å². The first-order valence-corrected chi connectivity index (χ1v) is 18.4. The summed E-state index contributed by atoms with van der Waals surface area (Å²) in [7, 11) is 0. The van der Waals surface area contributed by atoms with Crippen LogP contribution in [0.25, 0.3) is 0 Å². The van der Waals surface area contributed by atoms with Crippen LogP contribution in [-0.2, 0) is 63.1 Å². The summed E-state index contributed by atoms with van der Waals surface area (Å²) in [6.45, 7) is 5.98. The number of carbonyl (C=O) groups is 3. The van der Waals surface area contributed by atoms with Gasteiger partial charge in [0.15, 0.2) is 0 Å². The van der Waals surface area contributed by atoms with Crippen LogP contribution in [0.1, 0.15) is 41.6 Å². The third kappa shape index (κ3) is 25.3. The van der Waals surface area contributed by atoms with Crippen LogP contribution in [-0.4, -0.2) is 142 Å². The number of esters is 2. The number of para-hydroxylation sites is 1. The van der Waals surface area contributed by atoms with E-state index in [0.717, 1.165) is 12.1 Å². The highest BCUT2D eigenvalue weighted by Crippen LogP contribution is 2.32. The van der Waals surface area contributed by atoms with Crippen molar-refractivity contribution in [1.82, 2.24) is 0 Å². The standard InChI is InChI=1S/C38H54F3NO14/c39-38(40,41)31-6-5-7-32(30-31)42-34-9-2-1-8-33(34)37(46)56-29-27-54-25-23-52-21-19-50-17-15-48-13-12-47-14-16-49-18-20-51-22-24-53-26-28-55-36(45)11-4-3-10-35(43)44/h1-2,5-9,30,42H,3-4,10-29H2,(H,43,44). The smallest absolute Gasteiger partial charge is 0.416 e. The van der Waals surface area contributed by atoms with Crippen LogP contribution in [0.4, 0.5) is 24.5 Å². The molecule has 0 bridgehead atoms. The van der Waals surface area contributed by atoms with Crippen LogP contribution in [0.15, 0.2) is 48.5 Å². The summed E-state index contributed by atoms with van der Waals surface area (Å²) >= 11 is 0. The molecule has 0 unspecified atom stereocenters. The highest BCUT2D eigenvalue weighted by molar-refractivity contribution is 5.96. The highest BCUT2D eigenvalue weighted by atomic mass is 19.4. The number of alkyl halides is 3. The van der Waals surface area contributed by atoms with Gasteiger partial charge in [0.05, 0.1) is 123 Å². The summed E-state index contributed by atoms with van der Waals surface area (Å²) in [4.78, 5) is 34.5. The summed E-state index contributed by atoms with van der Waals surface area (Å²) in [6.07, 6.45) is -3.32. The molecule has 15 nitrogen and oxygen atoms in total. The van der Waals surface area contributed by atoms with E-state index in [0.29, 0.717) is 104 Å². The number of nitrogens with one attached hydrogen (secondary N) is 1. The molecule has 0 saturated carbocycles. The van der Waals surface area contributed by atoms with Gasteiger partial charge in [-0.25, -0.2) is 4.79 Å². The Kier molecular flexibility index (Phi) is 26.9. The van der Waals surface area contributed by atoms with E-state index < -0.39 is 23.7 Å². The number of carboxylic acid groups (broad SMARTS) is 1. The monoisotopic (exact) mass is 805 g/mol. The largest absolute Gasteiger partial charge is 0.481 e. The Morgan fingerprint density at radius 3 is 1.43 bits per heavy atom. The van der Waals surface area contributed by atoms with E-state index in [4.69, 9.17) is 52.5 Å². The fourth-order valence-electron chi connectivity index (χ4n) is 4.44. The summed E-state index contributed by atoms with van der Waals surface area (Å²) in [5.74, 6) is -1.88. The Balaban J connectivity index is 1.29. The second-order valence-electron chi connectivity index (χ2n) is 11.6. The van der Waals surface area contributed by atoms with Crippen LogP contribution in [0.5, 0.6) is 0 Å². The zero-order valence-corrected chi connectivity index (χ0v) is 31.6. The average molecular weight is 806 g/mol. The minimum absolute atomic E-state index is 0.0138. The van der Waals surface area contributed by atoms with Crippen molar-refractivity contribution < 1.29 is 80.0 Å². The second kappa shape index (κ2) is 31.2. The Labute approximate surface area is 324 Å². The molecule has 0 aliphatic rings. The number of halogens is 3. The molecule has 0 spiro atoms. The molecule has 18 heteroatoms. The van der Waals surface area contributed by atoms with Crippen LogP contribution in [0, 0.1) is 0 Å². The van der Waals surface area contributed by atoms with Crippen LogP contribution in [0.3, 0.4) is 0 Å². The number of unbranched alkanes of at least 4 members (excludes halogenated alkanes) is 1. The Morgan fingerprint density at radius 1 is 0.536 bits per heavy atom. The Morgan fingerprint density at radius 2 is 0.964 bits per heavy atom. The molecule has 2 aromatic carbocycles. The van der Waals surface area contributed by atoms with E-state index in [1.54, 1.807) is 18.2 Å². The van der Waals surface area contributed by atoms with E-state index in [-0.39, 0.29) is 63.1 Å². The molecule has 0 aliphatic heterocycles. The lowest BCUT2D eigenvalue weighted by Gasteiger charge is -2.13. The van der Waals surface area contributed by atoms with E-state index in [9.17, 15) is 27.6 Å². The topological polar surface area (TPSA) is 176 Å². The molecule has 2 N–H and O–H groups in total. The van der Waals surface area contributed by atoms with Crippen molar-refractivity contribution in [2.45, 2.75) is 31.9 Å². The molecule has 0 aromatic heterocycles. The number of benzene rings is 2. The van der Waals surface area contributed by atoms with Gasteiger partial charge in [0, 0.05) is 18.5 Å². The summed E-state index contributed by atoms with van der Waals surface area (Å²) in [5, 5.41) is 11.4. The molecule has 0 saturated heterocycles. The van der Waals surface area contributed by atoms with Gasteiger partial charge in [0.1, 0.15) is 13.2 Å².